The van der Waals surface area contributed by atoms with Gasteiger partial charge in [-0.3, -0.25) is 19.7 Å². The highest BCUT2D eigenvalue weighted by Crippen LogP contribution is 2.31. The van der Waals surface area contributed by atoms with Gasteiger partial charge in [-0.1, -0.05) is 41.4 Å². The second-order valence-corrected chi connectivity index (χ2v) is 10.4. The number of hydrogen-bond acceptors (Lipinski definition) is 6. The Hall–Kier alpha value is -3.98. The van der Waals surface area contributed by atoms with E-state index in [2.05, 4.69) is 15.6 Å². The minimum atomic E-state index is -0.596. The number of carbonyl (C=O) groups excluding carboxylic acids is 3. The standard InChI is InChI=1S/C28H20Cl2N4O3S/c1-15-11-16(2)13-21(12-15)34-26(36)23(30)24(27(34)37)31-20-9-5-18(6-10-20)25(35)33-28-32-22(14-38-28)17-3-7-19(29)8-4-17/h3-14,31H,1-2H3,(H,32,33,35). The van der Waals surface area contributed by atoms with Gasteiger partial charge in [0, 0.05) is 27.2 Å². The molecule has 0 aliphatic carbocycles. The predicted octanol–water partition coefficient (Wildman–Crippen LogP) is 6.77. The summed E-state index contributed by atoms with van der Waals surface area (Å²) in [5.41, 5.74) is 4.80. The van der Waals surface area contributed by atoms with Gasteiger partial charge in [-0.05, 0) is 73.5 Å². The molecule has 190 valence electrons. The third kappa shape index (κ3) is 5.19. The molecule has 0 atom stereocenters. The Morgan fingerprint density at radius 1 is 0.895 bits per heavy atom. The van der Waals surface area contributed by atoms with Crippen LogP contribution in [-0.2, 0) is 9.59 Å². The van der Waals surface area contributed by atoms with E-state index in [1.165, 1.54) is 11.3 Å². The van der Waals surface area contributed by atoms with Crippen molar-refractivity contribution in [2.75, 3.05) is 15.5 Å². The number of hydrogen-bond donors (Lipinski definition) is 2. The highest BCUT2D eigenvalue weighted by Gasteiger charge is 2.39. The Labute approximate surface area is 232 Å². The van der Waals surface area contributed by atoms with Crippen molar-refractivity contribution in [3.8, 4) is 11.3 Å². The molecule has 1 aliphatic heterocycles. The molecule has 38 heavy (non-hydrogen) atoms. The fourth-order valence-electron chi connectivity index (χ4n) is 4.03. The summed E-state index contributed by atoms with van der Waals surface area (Å²) in [5, 5.41) is 8.47. The van der Waals surface area contributed by atoms with Gasteiger partial charge in [0.1, 0.15) is 10.7 Å². The fourth-order valence-corrected chi connectivity index (χ4v) is 5.08. The number of rotatable bonds is 6. The van der Waals surface area contributed by atoms with Crippen LogP contribution in [0.1, 0.15) is 21.5 Å². The summed E-state index contributed by atoms with van der Waals surface area (Å²) in [4.78, 5) is 44.1. The first kappa shape index (κ1) is 25.7. The maximum absolute atomic E-state index is 13.1. The molecule has 3 amide bonds. The molecule has 2 N–H and O–H groups in total. The third-order valence-corrected chi connectivity index (χ3v) is 7.13. The Morgan fingerprint density at radius 2 is 1.55 bits per heavy atom. The molecule has 1 aromatic heterocycles. The van der Waals surface area contributed by atoms with E-state index in [9.17, 15) is 14.4 Å². The minimum absolute atomic E-state index is 0.0226. The van der Waals surface area contributed by atoms with Crippen LogP contribution < -0.4 is 15.5 Å². The number of nitrogens with one attached hydrogen (secondary N) is 2. The van der Waals surface area contributed by atoms with E-state index >= 15 is 0 Å². The summed E-state index contributed by atoms with van der Waals surface area (Å²) < 4.78 is 0. The second kappa shape index (κ2) is 10.4. The lowest BCUT2D eigenvalue weighted by atomic mass is 10.1. The van der Waals surface area contributed by atoms with Crippen LogP contribution in [0.25, 0.3) is 11.3 Å². The molecule has 2 heterocycles. The van der Waals surface area contributed by atoms with E-state index in [1.54, 1.807) is 48.5 Å². The zero-order valence-corrected chi connectivity index (χ0v) is 22.5. The van der Waals surface area contributed by atoms with E-state index in [0.29, 0.717) is 27.1 Å². The molecule has 1 aliphatic rings. The lowest BCUT2D eigenvalue weighted by molar-refractivity contribution is -0.120. The largest absolute Gasteiger partial charge is 0.350 e. The fraction of sp³-hybridized carbons (Fsp3) is 0.0714. The monoisotopic (exact) mass is 562 g/mol. The molecule has 5 rings (SSSR count). The summed E-state index contributed by atoms with van der Waals surface area (Å²) >= 11 is 13.5. The summed E-state index contributed by atoms with van der Waals surface area (Å²) in [7, 11) is 0. The maximum atomic E-state index is 13.1. The van der Waals surface area contributed by atoms with E-state index in [1.807, 2.05) is 37.4 Å². The van der Waals surface area contributed by atoms with E-state index in [4.69, 9.17) is 23.2 Å². The molecular formula is C28H20Cl2N4O3S. The normalized spacial score (nSPS) is 13.3. The molecule has 0 saturated carbocycles. The summed E-state index contributed by atoms with van der Waals surface area (Å²) in [6.07, 6.45) is 0. The number of carbonyl (C=O) groups is 3. The average molecular weight is 563 g/mol. The van der Waals surface area contributed by atoms with Crippen LogP contribution in [0.15, 0.2) is 82.8 Å². The number of thiazole rings is 1. The number of imide groups is 1. The molecule has 3 aromatic carbocycles. The molecule has 0 fully saturated rings. The van der Waals surface area contributed by atoms with E-state index in [-0.39, 0.29) is 16.6 Å². The number of aromatic nitrogens is 1. The van der Waals surface area contributed by atoms with Gasteiger partial charge in [-0.25, -0.2) is 9.88 Å². The van der Waals surface area contributed by atoms with Gasteiger partial charge in [0.25, 0.3) is 17.7 Å². The molecular weight excluding hydrogens is 543 g/mol. The first-order valence-electron chi connectivity index (χ1n) is 11.5. The smallest absolute Gasteiger partial charge is 0.283 e. The number of benzene rings is 3. The van der Waals surface area contributed by atoms with Gasteiger partial charge < -0.3 is 5.32 Å². The highest BCUT2D eigenvalue weighted by molar-refractivity contribution is 7.14. The molecule has 10 heteroatoms. The van der Waals surface area contributed by atoms with Gasteiger partial charge in [-0.15, -0.1) is 11.3 Å². The Kier molecular flexibility index (Phi) is 7.03. The average Bonchev–Trinajstić information content (AvgIpc) is 3.42. The van der Waals surface area contributed by atoms with Gasteiger partial charge in [-0.2, -0.15) is 0 Å². The SMILES string of the molecule is Cc1cc(C)cc(N2C(=O)C(Cl)=C(Nc3ccc(C(=O)Nc4nc(-c5ccc(Cl)cc5)cs4)cc3)C2=O)c1. The van der Waals surface area contributed by atoms with Crippen molar-refractivity contribution < 1.29 is 14.4 Å². The summed E-state index contributed by atoms with van der Waals surface area (Å²) in [6.45, 7) is 3.78. The number of amides is 3. The number of aryl methyl sites for hydroxylation is 2. The number of halogens is 2. The van der Waals surface area contributed by atoms with Gasteiger partial charge in [0.05, 0.1) is 11.4 Å². The van der Waals surface area contributed by atoms with Crippen molar-refractivity contribution >= 4 is 68.8 Å². The highest BCUT2D eigenvalue weighted by atomic mass is 35.5. The van der Waals surface area contributed by atoms with Gasteiger partial charge >= 0.3 is 0 Å². The number of anilines is 3. The zero-order valence-electron chi connectivity index (χ0n) is 20.2. The molecule has 4 aromatic rings. The molecule has 0 radical (unpaired) electrons. The van der Waals surface area contributed by atoms with Crippen molar-refractivity contribution in [2.45, 2.75) is 13.8 Å². The topological polar surface area (TPSA) is 91.4 Å². The van der Waals surface area contributed by atoms with E-state index in [0.717, 1.165) is 27.3 Å². The molecule has 7 nitrogen and oxygen atoms in total. The predicted molar refractivity (Wildman–Crippen MR) is 152 cm³/mol. The van der Waals surface area contributed by atoms with Crippen LogP contribution in [0.2, 0.25) is 5.02 Å². The van der Waals surface area contributed by atoms with Crippen molar-refractivity contribution in [1.29, 1.82) is 0 Å². The van der Waals surface area contributed by atoms with Crippen LogP contribution in [0.3, 0.4) is 0 Å². The van der Waals surface area contributed by atoms with Crippen molar-refractivity contribution in [3.63, 3.8) is 0 Å². The second-order valence-electron chi connectivity index (χ2n) is 8.68. The lowest BCUT2D eigenvalue weighted by Gasteiger charge is -2.16. The third-order valence-electron chi connectivity index (χ3n) is 5.77. The Morgan fingerprint density at radius 3 is 2.21 bits per heavy atom. The van der Waals surface area contributed by atoms with Crippen molar-refractivity contribution in [1.82, 2.24) is 4.98 Å². The number of nitrogens with zero attached hydrogens (tertiary/aromatic N) is 2. The van der Waals surface area contributed by atoms with Crippen LogP contribution >= 0.6 is 34.5 Å². The van der Waals surface area contributed by atoms with Crippen molar-refractivity contribution in [2.24, 2.45) is 0 Å². The quantitative estimate of drug-likeness (QED) is 0.253. The minimum Gasteiger partial charge on any atom is -0.350 e. The van der Waals surface area contributed by atoms with Crippen LogP contribution in [0, 0.1) is 13.8 Å². The summed E-state index contributed by atoms with van der Waals surface area (Å²) in [5.74, 6) is -1.48. The summed E-state index contributed by atoms with van der Waals surface area (Å²) in [6, 6.07) is 19.2. The van der Waals surface area contributed by atoms with E-state index < -0.39 is 11.8 Å². The van der Waals surface area contributed by atoms with Gasteiger partial charge in [0.2, 0.25) is 0 Å². The first-order valence-corrected chi connectivity index (χ1v) is 13.1. The first-order chi connectivity index (χ1) is 18.2. The maximum Gasteiger partial charge on any atom is 0.283 e. The lowest BCUT2D eigenvalue weighted by Crippen LogP contribution is -2.32. The molecule has 0 spiro atoms. The van der Waals surface area contributed by atoms with Gasteiger partial charge in [0.15, 0.2) is 5.13 Å². The molecule has 0 saturated heterocycles. The van der Waals surface area contributed by atoms with Crippen molar-refractivity contribution in [3.05, 3.63) is 105 Å². The van der Waals surface area contributed by atoms with Crippen LogP contribution in [0.5, 0.6) is 0 Å². The Bertz CT molecular complexity index is 1590. The molecule has 0 unspecified atom stereocenters. The van der Waals surface area contributed by atoms with Crippen LogP contribution in [-0.4, -0.2) is 22.7 Å². The zero-order chi connectivity index (χ0) is 27.0. The van der Waals surface area contributed by atoms with Crippen LogP contribution in [0.4, 0.5) is 16.5 Å². The molecule has 0 bridgehead atoms. The Balaban J connectivity index is 1.26.